The Morgan fingerprint density at radius 3 is 2.25 bits per heavy atom. The van der Waals surface area contributed by atoms with Gasteiger partial charge >= 0.3 is 0 Å². The fourth-order valence-electron chi connectivity index (χ4n) is 1.57. The molecule has 0 spiro atoms. The van der Waals surface area contributed by atoms with Crippen LogP contribution in [0.15, 0.2) is 12.2 Å². The molecule has 0 aromatic heterocycles. The zero-order valence-corrected chi connectivity index (χ0v) is 4.93. The van der Waals surface area contributed by atoms with Gasteiger partial charge in [0.1, 0.15) is 0 Å². The molecule has 0 amide bonds. The van der Waals surface area contributed by atoms with Crippen LogP contribution in [0.2, 0.25) is 0 Å². The minimum absolute atomic E-state index is 0.730. The van der Waals surface area contributed by atoms with Crippen molar-refractivity contribution in [3.05, 3.63) is 12.2 Å². The molecule has 0 saturated carbocycles. The molecule has 2 rings (SSSR count). The highest BCUT2D eigenvalue weighted by Crippen LogP contribution is 2.19. The van der Waals surface area contributed by atoms with E-state index in [0.717, 1.165) is 12.1 Å². The Hall–Kier alpha value is -0.300. The van der Waals surface area contributed by atoms with E-state index in [1.807, 2.05) is 0 Å². The van der Waals surface area contributed by atoms with Crippen LogP contribution in [0, 0.1) is 0 Å². The summed E-state index contributed by atoms with van der Waals surface area (Å²) in [6, 6.07) is 1.46. The number of fused-ring (bicyclic) bond motifs is 2. The standard InChI is InChI=1S/C7H11N/c1-2-6-4-5-7(3-1)8-6/h4-8H,1-3H2. The van der Waals surface area contributed by atoms with Crippen LogP contribution < -0.4 is 5.32 Å². The lowest BCUT2D eigenvalue weighted by atomic mass is 10.1. The van der Waals surface area contributed by atoms with Gasteiger partial charge in [-0.1, -0.05) is 12.2 Å². The molecule has 2 atom stereocenters. The molecule has 0 radical (unpaired) electrons. The number of hydrogen-bond acceptors (Lipinski definition) is 1. The van der Waals surface area contributed by atoms with Gasteiger partial charge in [0, 0.05) is 12.1 Å². The van der Waals surface area contributed by atoms with Crippen molar-refractivity contribution in [2.45, 2.75) is 31.3 Å². The zero-order chi connectivity index (χ0) is 5.40. The first-order valence-electron chi connectivity index (χ1n) is 3.39. The van der Waals surface area contributed by atoms with Crippen LogP contribution in [0.1, 0.15) is 19.3 Å². The molecule has 1 nitrogen and oxygen atoms in total. The van der Waals surface area contributed by atoms with E-state index in [2.05, 4.69) is 17.5 Å². The van der Waals surface area contributed by atoms with Crippen molar-refractivity contribution in [3.63, 3.8) is 0 Å². The third kappa shape index (κ3) is 0.583. The molecule has 8 heavy (non-hydrogen) atoms. The quantitative estimate of drug-likeness (QED) is 0.459. The predicted molar refractivity (Wildman–Crippen MR) is 33.7 cm³/mol. The first kappa shape index (κ1) is 4.57. The normalized spacial score (nSPS) is 43.0. The Morgan fingerprint density at radius 1 is 1.12 bits per heavy atom. The van der Waals surface area contributed by atoms with Gasteiger partial charge in [0.05, 0.1) is 0 Å². The van der Waals surface area contributed by atoms with Gasteiger partial charge in [0.15, 0.2) is 0 Å². The number of nitrogens with one attached hydrogen (secondary N) is 1. The van der Waals surface area contributed by atoms with E-state index in [4.69, 9.17) is 0 Å². The number of hydrogen-bond donors (Lipinski definition) is 1. The third-order valence-electron chi connectivity index (χ3n) is 2.03. The van der Waals surface area contributed by atoms with E-state index < -0.39 is 0 Å². The second kappa shape index (κ2) is 1.59. The van der Waals surface area contributed by atoms with Crippen molar-refractivity contribution in [1.82, 2.24) is 5.32 Å². The lowest BCUT2D eigenvalue weighted by molar-refractivity contribution is 0.427. The van der Waals surface area contributed by atoms with Gasteiger partial charge in [-0.25, -0.2) is 0 Å². The third-order valence-corrected chi connectivity index (χ3v) is 2.03. The highest BCUT2D eigenvalue weighted by molar-refractivity contribution is 5.10. The van der Waals surface area contributed by atoms with Crippen molar-refractivity contribution in [2.24, 2.45) is 0 Å². The summed E-state index contributed by atoms with van der Waals surface area (Å²) in [5.74, 6) is 0. The summed E-state index contributed by atoms with van der Waals surface area (Å²) in [5.41, 5.74) is 0. The second-order valence-electron chi connectivity index (χ2n) is 2.70. The first-order chi connectivity index (χ1) is 3.95. The molecule has 1 heteroatoms. The van der Waals surface area contributed by atoms with E-state index in [-0.39, 0.29) is 0 Å². The molecule has 44 valence electrons. The molecule has 1 N–H and O–H groups in total. The van der Waals surface area contributed by atoms with Crippen molar-refractivity contribution in [1.29, 1.82) is 0 Å². The van der Waals surface area contributed by atoms with Crippen molar-refractivity contribution in [2.75, 3.05) is 0 Å². The lowest BCUT2D eigenvalue weighted by Crippen LogP contribution is -2.34. The Balaban J connectivity index is 2.13. The molecule has 0 aromatic carbocycles. The summed E-state index contributed by atoms with van der Waals surface area (Å²) in [5, 5.41) is 3.48. The van der Waals surface area contributed by atoms with Crippen LogP contribution in [0.25, 0.3) is 0 Å². The van der Waals surface area contributed by atoms with Crippen LogP contribution in [0.5, 0.6) is 0 Å². The molecule has 1 saturated heterocycles. The van der Waals surface area contributed by atoms with Crippen LogP contribution >= 0.6 is 0 Å². The topological polar surface area (TPSA) is 12.0 Å². The van der Waals surface area contributed by atoms with Gasteiger partial charge < -0.3 is 5.32 Å². The van der Waals surface area contributed by atoms with Gasteiger partial charge in [-0.3, -0.25) is 0 Å². The molecule has 1 fully saturated rings. The van der Waals surface area contributed by atoms with Gasteiger partial charge in [0.2, 0.25) is 0 Å². The van der Waals surface area contributed by atoms with E-state index in [1.165, 1.54) is 19.3 Å². The van der Waals surface area contributed by atoms with E-state index in [0.29, 0.717) is 0 Å². The van der Waals surface area contributed by atoms with Gasteiger partial charge in [-0.15, -0.1) is 0 Å². The average Bonchev–Trinajstić information content (AvgIpc) is 2.12. The Morgan fingerprint density at radius 2 is 1.75 bits per heavy atom. The Labute approximate surface area is 49.8 Å². The number of rotatable bonds is 0. The van der Waals surface area contributed by atoms with Crippen molar-refractivity contribution >= 4 is 0 Å². The highest BCUT2D eigenvalue weighted by atomic mass is 15.0. The van der Waals surface area contributed by atoms with E-state index in [9.17, 15) is 0 Å². The largest absolute Gasteiger partial charge is 0.304 e. The summed E-state index contributed by atoms with van der Waals surface area (Å²) >= 11 is 0. The van der Waals surface area contributed by atoms with Crippen LogP contribution in [-0.4, -0.2) is 12.1 Å². The molecular weight excluding hydrogens is 98.1 g/mol. The molecule has 2 unspecified atom stereocenters. The minimum atomic E-state index is 0.730. The first-order valence-corrected chi connectivity index (χ1v) is 3.39. The molecule has 2 aliphatic heterocycles. The van der Waals surface area contributed by atoms with E-state index >= 15 is 0 Å². The molecular formula is C7H11N. The summed E-state index contributed by atoms with van der Waals surface area (Å²) in [7, 11) is 0. The van der Waals surface area contributed by atoms with Gasteiger partial charge in [-0.2, -0.15) is 0 Å². The molecule has 2 heterocycles. The summed E-state index contributed by atoms with van der Waals surface area (Å²) in [6.45, 7) is 0. The number of piperidine rings is 1. The predicted octanol–water partition coefficient (Wildman–Crippen LogP) is 1.07. The Kier molecular flexibility index (Phi) is 0.908. The summed E-state index contributed by atoms with van der Waals surface area (Å²) < 4.78 is 0. The van der Waals surface area contributed by atoms with Crippen LogP contribution in [-0.2, 0) is 0 Å². The smallest absolute Gasteiger partial charge is 0.0256 e. The van der Waals surface area contributed by atoms with E-state index in [1.54, 1.807) is 0 Å². The molecule has 2 aliphatic rings. The van der Waals surface area contributed by atoms with Crippen LogP contribution in [0.4, 0.5) is 0 Å². The summed E-state index contributed by atoms with van der Waals surface area (Å²) in [6.07, 6.45) is 8.73. The highest BCUT2D eigenvalue weighted by Gasteiger charge is 2.21. The van der Waals surface area contributed by atoms with Crippen molar-refractivity contribution < 1.29 is 0 Å². The summed E-state index contributed by atoms with van der Waals surface area (Å²) in [4.78, 5) is 0. The monoisotopic (exact) mass is 109 g/mol. The SMILES string of the molecule is C1=CC2CCCC1N2. The second-order valence-corrected chi connectivity index (χ2v) is 2.70. The minimum Gasteiger partial charge on any atom is -0.304 e. The van der Waals surface area contributed by atoms with Crippen molar-refractivity contribution in [3.8, 4) is 0 Å². The lowest BCUT2D eigenvalue weighted by Gasteiger charge is -2.20. The van der Waals surface area contributed by atoms with Gasteiger partial charge in [-0.05, 0) is 19.3 Å². The maximum Gasteiger partial charge on any atom is 0.0256 e. The molecule has 0 aromatic rings. The zero-order valence-electron chi connectivity index (χ0n) is 4.93. The maximum atomic E-state index is 3.48. The fourth-order valence-corrected chi connectivity index (χ4v) is 1.57. The molecule has 0 aliphatic carbocycles. The van der Waals surface area contributed by atoms with Crippen LogP contribution in [0.3, 0.4) is 0 Å². The maximum absolute atomic E-state index is 3.48. The fraction of sp³-hybridized carbons (Fsp3) is 0.714. The van der Waals surface area contributed by atoms with Gasteiger partial charge in [0.25, 0.3) is 0 Å². The Bertz CT molecular complexity index is 106. The molecule has 2 bridgehead atoms. The average molecular weight is 109 g/mol.